The van der Waals surface area contributed by atoms with E-state index in [0.717, 1.165) is 0 Å². The summed E-state index contributed by atoms with van der Waals surface area (Å²) in [6.07, 6.45) is 3.34. The first-order valence-electron chi connectivity index (χ1n) is 2.99. The van der Waals surface area contributed by atoms with Crippen molar-refractivity contribution in [3.05, 3.63) is 25.3 Å². The van der Waals surface area contributed by atoms with Gasteiger partial charge in [0.15, 0.2) is 5.69 Å². The summed E-state index contributed by atoms with van der Waals surface area (Å²) in [5, 5.41) is 0. The third kappa shape index (κ3) is 10.5. The highest BCUT2D eigenvalue weighted by Gasteiger charge is 2.07. The van der Waals surface area contributed by atoms with Crippen LogP contribution < -0.4 is 18.5 Å². The molecule has 0 rings (SSSR count). The molecule has 5 nitrogen and oxygen atoms in total. The Hall–Kier alpha value is 0.410. The molecule has 0 atom stereocenters. The number of thiol groups is 1. The molecule has 0 bridgehead atoms. The van der Waals surface area contributed by atoms with Crippen molar-refractivity contribution in [3.63, 3.8) is 0 Å². The van der Waals surface area contributed by atoms with Gasteiger partial charge in [-0.25, -0.2) is 0 Å². The number of hydrogen-bond donors (Lipinski definition) is 6. The molecular weight excluding hydrogens is 241 g/mol. The molecule has 0 aromatic rings. The second kappa shape index (κ2) is 11.5. The van der Waals surface area contributed by atoms with E-state index in [0.29, 0.717) is 11.5 Å². The maximum atomic E-state index is 9.19. The van der Waals surface area contributed by atoms with Crippen molar-refractivity contribution in [2.24, 2.45) is 0 Å². The molecular formula is C6H22N3O2PS2. The predicted molar refractivity (Wildman–Crippen MR) is 72.9 cm³/mol. The summed E-state index contributed by atoms with van der Waals surface area (Å²) in [5.74, 6) is 1.19. The fourth-order valence-electron chi connectivity index (χ4n) is 0.540. The molecule has 0 aliphatic heterocycles. The summed E-state index contributed by atoms with van der Waals surface area (Å²) in [7, 11) is -0.492. The summed E-state index contributed by atoms with van der Waals surface area (Å²) < 4.78 is 0. The number of rotatable bonds is 4. The molecule has 0 amide bonds. The van der Waals surface area contributed by atoms with Gasteiger partial charge in [0.2, 0.25) is 0 Å². The van der Waals surface area contributed by atoms with Gasteiger partial charge in [-0.1, -0.05) is 24.4 Å². The van der Waals surface area contributed by atoms with E-state index < -0.39 is 15.8 Å². The van der Waals surface area contributed by atoms with Crippen LogP contribution in [0, 0.1) is 0 Å². The summed E-state index contributed by atoms with van der Waals surface area (Å²) in [6.45, 7) is 7.06. The second-order valence-electron chi connectivity index (χ2n) is 1.89. The van der Waals surface area contributed by atoms with Crippen LogP contribution in [0.15, 0.2) is 25.3 Å². The van der Waals surface area contributed by atoms with Crippen molar-refractivity contribution in [1.82, 2.24) is 18.5 Å². The third-order valence-electron chi connectivity index (χ3n) is 0.967. The molecule has 11 N–H and O–H groups in total. The molecule has 0 aromatic heterocycles. The Bertz CT molecular complexity index is 197. The highest BCUT2D eigenvalue weighted by molar-refractivity contribution is 8.65. The van der Waals surface area contributed by atoms with E-state index in [4.69, 9.17) is 0 Å². The topological polar surface area (TPSA) is 145 Å². The zero-order valence-electron chi connectivity index (χ0n) is 8.30. The Labute approximate surface area is 93.3 Å². The second-order valence-corrected chi connectivity index (χ2v) is 10.1. The number of hydrogen-bond acceptors (Lipinski definition) is 3. The largest absolute Gasteiger partial charge is 0.344 e. The first-order valence-corrected chi connectivity index (χ1v) is 8.01. The van der Waals surface area contributed by atoms with Crippen LogP contribution in [-0.4, -0.2) is 21.3 Å². The van der Waals surface area contributed by atoms with E-state index in [1.165, 1.54) is 0 Å². The smallest absolute Gasteiger partial charge is 0.199 e. The van der Waals surface area contributed by atoms with E-state index in [2.05, 4.69) is 25.4 Å². The van der Waals surface area contributed by atoms with Gasteiger partial charge in [0.25, 0.3) is 0 Å². The van der Waals surface area contributed by atoms with Crippen LogP contribution in [0.5, 0.6) is 0 Å². The summed E-state index contributed by atoms with van der Waals surface area (Å²) >= 11 is 3.76. The molecule has 0 fully saturated rings. The van der Waals surface area contributed by atoms with E-state index in [9.17, 15) is 9.79 Å². The third-order valence-corrected chi connectivity index (χ3v) is 7.95. The van der Waals surface area contributed by atoms with Crippen molar-refractivity contribution in [1.29, 1.82) is 0 Å². The Kier molecular flexibility index (Phi) is 19.6. The first-order chi connectivity index (χ1) is 5.02. The molecule has 0 aliphatic carbocycles. The molecule has 14 heavy (non-hydrogen) atoms. The van der Waals surface area contributed by atoms with Crippen molar-refractivity contribution >= 4 is 28.0 Å². The van der Waals surface area contributed by atoms with Gasteiger partial charge < -0.3 is 28.2 Å². The van der Waals surface area contributed by atoms with E-state index in [1.54, 1.807) is 12.2 Å². The molecule has 0 saturated carbocycles. The maximum absolute atomic E-state index is 9.19. The summed E-state index contributed by atoms with van der Waals surface area (Å²) in [4.78, 5) is 18.4. The van der Waals surface area contributed by atoms with Gasteiger partial charge in [-0.3, -0.25) is 0 Å². The van der Waals surface area contributed by atoms with Crippen LogP contribution in [0.4, 0.5) is 0 Å². The van der Waals surface area contributed by atoms with Crippen LogP contribution in [0.1, 0.15) is 0 Å². The monoisotopic (exact) mass is 263 g/mol. The van der Waals surface area contributed by atoms with Crippen molar-refractivity contribution in [2.75, 3.05) is 11.5 Å². The lowest BCUT2D eigenvalue weighted by molar-refractivity contribution is 0.502. The Morgan fingerprint density at radius 1 is 1.07 bits per heavy atom. The van der Waals surface area contributed by atoms with Gasteiger partial charge in [0.05, 0.1) is 0 Å². The molecule has 0 radical (unpaired) electrons. The van der Waals surface area contributed by atoms with Gasteiger partial charge in [0, 0.05) is 11.5 Å². The SMILES string of the molecule is C=CCS(CC=C)=P(O)(O)S.N.N.N. The van der Waals surface area contributed by atoms with Gasteiger partial charge >= 0.3 is 0 Å². The molecule has 0 heterocycles. The zero-order valence-corrected chi connectivity index (χ0v) is 10.9. The minimum atomic E-state index is -2.98. The average molecular weight is 263 g/mol. The normalized spacial score (nSPS) is 9.14. The minimum absolute atomic E-state index is 0. The molecule has 8 heteroatoms. The molecule has 0 unspecified atom stereocenters. The average Bonchev–Trinajstić information content (AvgIpc) is 1.85. The highest BCUT2D eigenvalue weighted by atomic mass is 32.9. The molecule has 0 saturated heterocycles. The highest BCUT2D eigenvalue weighted by Crippen LogP contribution is 2.47. The molecule has 90 valence electrons. The quantitative estimate of drug-likeness (QED) is 0.261. The van der Waals surface area contributed by atoms with Crippen LogP contribution >= 0.6 is 17.9 Å². The van der Waals surface area contributed by atoms with Gasteiger partial charge in [-0.05, 0) is 0 Å². The van der Waals surface area contributed by atoms with E-state index in [1.807, 2.05) is 0 Å². The molecule has 0 aromatic carbocycles. The van der Waals surface area contributed by atoms with E-state index in [-0.39, 0.29) is 18.5 Å². The summed E-state index contributed by atoms with van der Waals surface area (Å²) in [6, 6.07) is 0. The lowest BCUT2D eigenvalue weighted by Crippen LogP contribution is -1.98. The van der Waals surface area contributed by atoms with Crippen LogP contribution in [-0.2, 0) is 10.1 Å². The summed E-state index contributed by atoms with van der Waals surface area (Å²) in [5.41, 5.74) is -2.98. The predicted octanol–water partition coefficient (Wildman–Crippen LogP) is 2.05. The standard InChI is InChI=1S/C6H13O2PS2.3H3N/c1-3-5-11(6-4-2)9(7,8)10;;;/h3-4,7-8,10H,1-2,5-6H2;3*1H3. The Morgan fingerprint density at radius 2 is 1.36 bits per heavy atom. The van der Waals surface area contributed by atoms with Crippen LogP contribution in [0.2, 0.25) is 0 Å². The van der Waals surface area contributed by atoms with Crippen molar-refractivity contribution in [2.45, 2.75) is 0 Å². The van der Waals surface area contributed by atoms with Crippen molar-refractivity contribution < 1.29 is 9.79 Å². The van der Waals surface area contributed by atoms with E-state index >= 15 is 0 Å². The van der Waals surface area contributed by atoms with Gasteiger partial charge in [-0.2, -0.15) is 0 Å². The zero-order chi connectivity index (χ0) is 8.91. The Morgan fingerprint density at radius 3 is 1.50 bits per heavy atom. The van der Waals surface area contributed by atoms with Crippen LogP contribution in [0.3, 0.4) is 0 Å². The van der Waals surface area contributed by atoms with Gasteiger partial charge in [-0.15, -0.1) is 23.2 Å². The lowest BCUT2D eigenvalue weighted by atomic mass is 10.8. The van der Waals surface area contributed by atoms with Gasteiger partial charge in [0.1, 0.15) is 0 Å². The van der Waals surface area contributed by atoms with Crippen molar-refractivity contribution in [3.8, 4) is 0 Å². The van der Waals surface area contributed by atoms with Crippen LogP contribution in [0.25, 0.3) is 0 Å². The fraction of sp³-hybridized carbons (Fsp3) is 0.333. The molecule has 0 aliphatic rings. The maximum Gasteiger partial charge on any atom is 0.199 e. The fourth-order valence-corrected chi connectivity index (χ4v) is 4.65. The Balaban J connectivity index is -0.000000167. The molecule has 0 spiro atoms. The minimum Gasteiger partial charge on any atom is -0.344 e. The lowest BCUT2D eigenvalue weighted by Gasteiger charge is -2.12. The first kappa shape index (κ1) is 23.9.